The number of allylic oxidation sites excluding steroid dienone is 2. The van der Waals surface area contributed by atoms with Gasteiger partial charge in [0.15, 0.2) is 0 Å². The van der Waals surface area contributed by atoms with Crippen molar-refractivity contribution in [1.29, 1.82) is 0 Å². The van der Waals surface area contributed by atoms with Crippen LogP contribution in [0, 0.1) is 5.92 Å². The molecule has 0 bridgehead atoms. The van der Waals surface area contributed by atoms with Crippen molar-refractivity contribution in [2.24, 2.45) is 5.92 Å². The van der Waals surface area contributed by atoms with Crippen molar-refractivity contribution in [2.45, 2.75) is 6.04 Å². The van der Waals surface area contributed by atoms with Gasteiger partial charge in [0.2, 0.25) is 0 Å². The lowest BCUT2D eigenvalue weighted by molar-refractivity contribution is 0.705. The van der Waals surface area contributed by atoms with Gasteiger partial charge in [-0.05, 0) is 107 Å². The first-order valence-electron chi connectivity index (χ1n) is 22.8. The van der Waals surface area contributed by atoms with Crippen LogP contribution >= 0.6 is 0 Å². The van der Waals surface area contributed by atoms with Gasteiger partial charge in [-0.1, -0.05) is 170 Å². The highest BCUT2D eigenvalue weighted by molar-refractivity contribution is 6.02. The van der Waals surface area contributed by atoms with Gasteiger partial charge in [-0.25, -0.2) is 0 Å². The van der Waals surface area contributed by atoms with Gasteiger partial charge < -0.3 is 18.6 Å². The zero-order valence-electron chi connectivity index (χ0n) is 36.2. The number of nitrogens with zero attached hydrogens (tertiary/aromatic N) is 4. The van der Waals surface area contributed by atoms with Crippen molar-refractivity contribution in [1.82, 2.24) is 13.7 Å². The number of aromatic nitrogens is 3. The average Bonchev–Trinajstić information content (AvgIpc) is 4.17. The molecule has 4 heteroatoms. The molecule has 1 aliphatic carbocycles. The van der Waals surface area contributed by atoms with Crippen molar-refractivity contribution in [3.8, 4) is 50.8 Å². The minimum Gasteiger partial charge on any atom is -0.333 e. The number of rotatable bonds is 8. The second-order valence-corrected chi connectivity index (χ2v) is 17.4. The summed E-state index contributed by atoms with van der Waals surface area (Å²) in [6.07, 6.45) is 11.4. The Balaban J connectivity index is 0.952. The smallest absolute Gasteiger partial charge is 0.0623 e. The molecule has 13 rings (SSSR count). The number of fused-ring (bicyclic) bond motifs is 4. The van der Waals surface area contributed by atoms with Crippen molar-refractivity contribution in [3.05, 3.63) is 260 Å². The summed E-state index contributed by atoms with van der Waals surface area (Å²) in [4.78, 5) is 2.50. The van der Waals surface area contributed by atoms with E-state index in [1.54, 1.807) is 0 Å². The molecule has 4 heterocycles. The molecule has 312 valence electrons. The van der Waals surface area contributed by atoms with E-state index >= 15 is 0 Å². The summed E-state index contributed by atoms with van der Waals surface area (Å²) < 4.78 is 7.26. The molecular weight excluding hydrogens is 801 g/mol. The molecule has 0 amide bonds. The van der Waals surface area contributed by atoms with E-state index in [-0.39, 0.29) is 6.04 Å². The van der Waals surface area contributed by atoms with E-state index in [4.69, 9.17) is 0 Å². The molecule has 66 heavy (non-hydrogen) atoms. The monoisotopic (exact) mass is 844 g/mol. The lowest BCUT2D eigenvalue weighted by atomic mass is 9.97. The summed E-state index contributed by atoms with van der Waals surface area (Å²) >= 11 is 0. The molecule has 0 fully saturated rings. The molecule has 0 spiro atoms. The van der Waals surface area contributed by atoms with Gasteiger partial charge in [0.1, 0.15) is 0 Å². The van der Waals surface area contributed by atoms with Crippen LogP contribution in [0.25, 0.3) is 89.2 Å². The summed E-state index contributed by atoms with van der Waals surface area (Å²) in [5, 5.41) is 3.59. The second-order valence-electron chi connectivity index (χ2n) is 17.4. The zero-order valence-corrected chi connectivity index (χ0v) is 36.2. The molecule has 3 aromatic heterocycles. The lowest BCUT2D eigenvalue weighted by Crippen LogP contribution is -2.32. The van der Waals surface area contributed by atoms with E-state index in [0.717, 1.165) is 34.0 Å². The van der Waals surface area contributed by atoms with E-state index in [2.05, 4.69) is 273 Å². The molecule has 11 aromatic rings. The van der Waals surface area contributed by atoms with Crippen LogP contribution in [0.3, 0.4) is 0 Å². The SMILES string of the molecule is C1=CC2C=C(c3ccccc3)N(c3ccc(-n4c(-c5ccccc5)cc5cc6c(cc(-c7ccccc7)n6-c6ccc(-n7c(-c8ccccc8)cc8ccccc87)cc6)cc54)cc3)C2C=C1. The number of para-hydroxylation sites is 1. The lowest BCUT2D eigenvalue weighted by Gasteiger charge is -2.31. The number of hydrogen-bond donors (Lipinski definition) is 0. The van der Waals surface area contributed by atoms with Gasteiger partial charge in [0.05, 0.1) is 39.7 Å². The van der Waals surface area contributed by atoms with Crippen molar-refractivity contribution < 1.29 is 0 Å². The quantitative estimate of drug-likeness (QED) is 0.149. The number of anilines is 1. The van der Waals surface area contributed by atoms with Gasteiger partial charge in [0.25, 0.3) is 0 Å². The molecule has 8 aromatic carbocycles. The molecule has 4 nitrogen and oxygen atoms in total. The van der Waals surface area contributed by atoms with Crippen LogP contribution in [0.2, 0.25) is 0 Å². The van der Waals surface area contributed by atoms with Gasteiger partial charge >= 0.3 is 0 Å². The average molecular weight is 845 g/mol. The third kappa shape index (κ3) is 6.29. The number of benzene rings is 8. The Hall–Kier alpha value is -8.60. The molecule has 2 unspecified atom stereocenters. The highest BCUT2D eigenvalue weighted by Crippen LogP contribution is 2.43. The van der Waals surface area contributed by atoms with Crippen LogP contribution < -0.4 is 4.90 Å². The summed E-state index contributed by atoms with van der Waals surface area (Å²) in [6.45, 7) is 0. The molecule has 2 atom stereocenters. The zero-order chi connectivity index (χ0) is 43.6. The molecular formula is C62H44N4. The van der Waals surface area contributed by atoms with Crippen LogP contribution in [-0.2, 0) is 0 Å². The minimum absolute atomic E-state index is 0.233. The van der Waals surface area contributed by atoms with Crippen LogP contribution in [-0.4, -0.2) is 19.7 Å². The molecule has 1 aliphatic heterocycles. The van der Waals surface area contributed by atoms with Crippen molar-refractivity contribution in [3.63, 3.8) is 0 Å². The van der Waals surface area contributed by atoms with Gasteiger partial charge in [0, 0.05) is 50.5 Å². The summed E-state index contributed by atoms with van der Waals surface area (Å²) in [6, 6.07) is 82.0. The van der Waals surface area contributed by atoms with Gasteiger partial charge in [-0.15, -0.1) is 0 Å². The minimum atomic E-state index is 0.233. The van der Waals surface area contributed by atoms with Crippen molar-refractivity contribution in [2.75, 3.05) is 4.90 Å². The third-order valence-corrected chi connectivity index (χ3v) is 13.5. The fourth-order valence-electron chi connectivity index (χ4n) is 10.5. The first kappa shape index (κ1) is 37.9. The summed E-state index contributed by atoms with van der Waals surface area (Å²) in [5.74, 6) is 0.323. The maximum absolute atomic E-state index is 2.50. The predicted octanol–water partition coefficient (Wildman–Crippen LogP) is 15.5. The van der Waals surface area contributed by atoms with E-state index in [1.807, 2.05) is 0 Å². The largest absolute Gasteiger partial charge is 0.333 e. The maximum atomic E-state index is 2.50. The topological polar surface area (TPSA) is 18.0 Å². The maximum Gasteiger partial charge on any atom is 0.0623 e. The summed E-state index contributed by atoms with van der Waals surface area (Å²) in [5.41, 5.74) is 17.6. The van der Waals surface area contributed by atoms with E-state index in [1.165, 1.54) is 66.5 Å². The molecule has 0 saturated heterocycles. The fourth-order valence-corrected chi connectivity index (χ4v) is 10.5. The van der Waals surface area contributed by atoms with Gasteiger partial charge in [-0.3, -0.25) is 0 Å². The molecule has 0 saturated carbocycles. The highest BCUT2D eigenvalue weighted by atomic mass is 15.2. The van der Waals surface area contributed by atoms with Crippen LogP contribution in [0.4, 0.5) is 5.69 Å². The Kier molecular flexibility index (Phi) is 8.95. The Morgan fingerprint density at radius 2 is 0.697 bits per heavy atom. The number of hydrogen-bond acceptors (Lipinski definition) is 1. The molecule has 0 N–H and O–H groups in total. The molecule has 2 aliphatic rings. The Morgan fingerprint density at radius 3 is 1.20 bits per heavy atom. The van der Waals surface area contributed by atoms with Gasteiger partial charge in [-0.2, -0.15) is 0 Å². The van der Waals surface area contributed by atoms with E-state index in [9.17, 15) is 0 Å². The second kappa shape index (κ2) is 15.6. The predicted molar refractivity (Wildman–Crippen MR) is 276 cm³/mol. The van der Waals surface area contributed by atoms with E-state index in [0.29, 0.717) is 5.92 Å². The fraction of sp³-hybridized carbons (Fsp3) is 0.0323. The highest BCUT2D eigenvalue weighted by Gasteiger charge is 2.34. The third-order valence-electron chi connectivity index (χ3n) is 13.5. The standard InChI is InChI=1S/C62H44N4/c1-5-17-43(18-6-1)57-37-47-25-13-15-27-55(47)63(57)51-29-33-53(34-30-51)65-59(45-21-9-3-10-22-45)39-49-42-62-50(41-61(49)65)40-60(46-23-11-4-12-24-46)66(62)54-35-31-52(32-36-54)64-56-28-16-14-26-48(56)38-58(64)44-19-7-2-8-20-44/h1-42,47,55H. The van der Waals surface area contributed by atoms with Crippen LogP contribution in [0.5, 0.6) is 0 Å². The summed E-state index contributed by atoms with van der Waals surface area (Å²) in [7, 11) is 0. The van der Waals surface area contributed by atoms with E-state index < -0.39 is 0 Å². The Labute approximate surface area is 384 Å². The van der Waals surface area contributed by atoms with Crippen LogP contribution in [0.15, 0.2) is 255 Å². The Bertz CT molecular complexity index is 3660. The van der Waals surface area contributed by atoms with Crippen LogP contribution in [0.1, 0.15) is 5.56 Å². The first-order valence-corrected chi connectivity index (χ1v) is 22.8. The molecule has 0 radical (unpaired) electrons. The first-order chi connectivity index (χ1) is 32.7. The Morgan fingerprint density at radius 1 is 0.303 bits per heavy atom. The van der Waals surface area contributed by atoms with Crippen molar-refractivity contribution >= 4 is 44.1 Å². The normalized spacial score (nSPS) is 15.5.